The summed E-state index contributed by atoms with van der Waals surface area (Å²) in [6.45, 7) is 5.37. The van der Waals surface area contributed by atoms with E-state index in [-0.39, 0.29) is 16.8 Å². The number of aromatic nitrogens is 2. The number of nitrogens with two attached hydrogens (primary N) is 1. The molecule has 6 nitrogen and oxygen atoms in total. The van der Waals surface area contributed by atoms with Crippen molar-refractivity contribution >= 4 is 17.5 Å². The van der Waals surface area contributed by atoms with Crippen LogP contribution in [-0.4, -0.2) is 21.6 Å². The first kappa shape index (κ1) is 18.3. The van der Waals surface area contributed by atoms with Crippen molar-refractivity contribution in [1.82, 2.24) is 9.78 Å². The van der Waals surface area contributed by atoms with Gasteiger partial charge in [-0.1, -0.05) is 0 Å². The second-order valence-corrected chi connectivity index (χ2v) is 6.33. The maximum atomic E-state index is 14.0. The SMILES string of the molecule is Cc1cc(C)n(-c2ccc(C(=O)Nc3cc(C(N)=O)cc(F)c3C)cc2)n1. The third-order valence-electron chi connectivity index (χ3n) is 4.26. The molecule has 7 heteroatoms. The summed E-state index contributed by atoms with van der Waals surface area (Å²) in [5.74, 6) is -1.79. The molecule has 0 fully saturated rings. The number of amides is 2. The quantitative estimate of drug-likeness (QED) is 0.742. The summed E-state index contributed by atoms with van der Waals surface area (Å²) in [5.41, 5.74) is 8.74. The van der Waals surface area contributed by atoms with Gasteiger partial charge >= 0.3 is 0 Å². The number of benzene rings is 2. The van der Waals surface area contributed by atoms with Gasteiger partial charge in [0.2, 0.25) is 5.91 Å². The van der Waals surface area contributed by atoms with Gasteiger partial charge in [-0.05, 0) is 63.2 Å². The highest BCUT2D eigenvalue weighted by Gasteiger charge is 2.14. The first-order chi connectivity index (χ1) is 12.8. The largest absolute Gasteiger partial charge is 0.366 e. The number of anilines is 1. The molecule has 1 aromatic heterocycles. The lowest BCUT2D eigenvalue weighted by Gasteiger charge is -2.11. The number of hydrogen-bond donors (Lipinski definition) is 2. The first-order valence-corrected chi connectivity index (χ1v) is 8.31. The Labute approximate surface area is 155 Å². The third kappa shape index (κ3) is 3.72. The summed E-state index contributed by atoms with van der Waals surface area (Å²) in [6.07, 6.45) is 0. The molecular formula is C20H19FN4O2. The topological polar surface area (TPSA) is 90.0 Å². The molecule has 3 rings (SSSR count). The highest BCUT2D eigenvalue weighted by atomic mass is 19.1. The fraction of sp³-hybridized carbons (Fsp3) is 0.150. The summed E-state index contributed by atoms with van der Waals surface area (Å²) >= 11 is 0. The van der Waals surface area contributed by atoms with Gasteiger partial charge in [0.1, 0.15) is 5.82 Å². The Balaban J connectivity index is 1.85. The van der Waals surface area contributed by atoms with E-state index in [4.69, 9.17) is 5.73 Å². The van der Waals surface area contributed by atoms with Crippen LogP contribution in [0.15, 0.2) is 42.5 Å². The van der Waals surface area contributed by atoms with Crippen LogP contribution in [-0.2, 0) is 0 Å². The minimum Gasteiger partial charge on any atom is -0.366 e. The van der Waals surface area contributed by atoms with E-state index in [0.717, 1.165) is 23.1 Å². The van der Waals surface area contributed by atoms with Gasteiger partial charge in [0.05, 0.1) is 11.4 Å². The molecule has 0 spiro atoms. The summed E-state index contributed by atoms with van der Waals surface area (Å²) < 4.78 is 15.7. The van der Waals surface area contributed by atoms with Crippen LogP contribution >= 0.6 is 0 Å². The van der Waals surface area contributed by atoms with E-state index in [1.54, 1.807) is 28.9 Å². The molecule has 2 aromatic carbocycles. The van der Waals surface area contributed by atoms with Crippen molar-refractivity contribution in [3.8, 4) is 5.69 Å². The first-order valence-electron chi connectivity index (χ1n) is 8.31. The van der Waals surface area contributed by atoms with E-state index < -0.39 is 17.6 Å². The molecule has 0 unspecified atom stereocenters. The summed E-state index contributed by atoms with van der Waals surface area (Å²) in [4.78, 5) is 23.8. The molecule has 0 aliphatic rings. The van der Waals surface area contributed by atoms with Gasteiger partial charge in [-0.25, -0.2) is 9.07 Å². The molecule has 27 heavy (non-hydrogen) atoms. The number of primary amides is 1. The molecule has 0 saturated carbocycles. The predicted molar refractivity (Wildman–Crippen MR) is 101 cm³/mol. The van der Waals surface area contributed by atoms with Gasteiger partial charge in [0.15, 0.2) is 0 Å². The van der Waals surface area contributed by atoms with Gasteiger partial charge in [0.25, 0.3) is 5.91 Å². The van der Waals surface area contributed by atoms with Gasteiger partial charge in [-0.3, -0.25) is 9.59 Å². The Hall–Kier alpha value is -3.48. The van der Waals surface area contributed by atoms with Crippen molar-refractivity contribution in [1.29, 1.82) is 0 Å². The molecule has 138 valence electrons. The molecule has 2 amide bonds. The van der Waals surface area contributed by atoms with Gasteiger partial charge in [0, 0.05) is 28.1 Å². The van der Waals surface area contributed by atoms with E-state index in [2.05, 4.69) is 10.4 Å². The Bertz CT molecular complexity index is 1040. The van der Waals surface area contributed by atoms with E-state index in [0.29, 0.717) is 5.56 Å². The average molecular weight is 366 g/mol. The second kappa shape index (κ2) is 7.03. The molecule has 1 heterocycles. The van der Waals surface area contributed by atoms with Gasteiger partial charge in [-0.15, -0.1) is 0 Å². The summed E-state index contributed by atoms with van der Waals surface area (Å²) in [7, 11) is 0. The highest BCUT2D eigenvalue weighted by Crippen LogP contribution is 2.22. The number of hydrogen-bond acceptors (Lipinski definition) is 3. The van der Waals surface area contributed by atoms with Crippen molar-refractivity contribution in [3.05, 3.63) is 76.4 Å². The molecule has 0 aliphatic carbocycles. The molecule has 0 radical (unpaired) electrons. The van der Waals surface area contributed by atoms with Crippen molar-refractivity contribution in [2.75, 3.05) is 5.32 Å². The predicted octanol–water partition coefficient (Wildman–Crippen LogP) is 3.29. The van der Waals surface area contributed by atoms with E-state index in [9.17, 15) is 14.0 Å². The van der Waals surface area contributed by atoms with E-state index in [1.807, 2.05) is 19.9 Å². The van der Waals surface area contributed by atoms with E-state index >= 15 is 0 Å². The number of aryl methyl sites for hydroxylation is 2. The minimum atomic E-state index is -0.765. The van der Waals surface area contributed by atoms with Crippen LogP contribution in [0.4, 0.5) is 10.1 Å². The molecule has 0 saturated heterocycles. The number of halogens is 1. The number of carbonyl (C=O) groups excluding carboxylic acids is 2. The highest BCUT2D eigenvalue weighted by molar-refractivity contribution is 6.05. The zero-order valence-corrected chi connectivity index (χ0v) is 15.2. The van der Waals surface area contributed by atoms with Crippen LogP contribution in [0, 0.1) is 26.6 Å². The smallest absolute Gasteiger partial charge is 0.255 e. The maximum absolute atomic E-state index is 14.0. The molecule has 3 aromatic rings. The van der Waals surface area contributed by atoms with Crippen LogP contribution in [0.25, 0.3) is 5.69 Å². The Morgan fingerprint density at radius 2 is 1.70 bits per heavy atom. The molecule has 3 N–H and O–H groups in total. The van der Waals surface area contributed by atoms with Gasteiger partial charge in [-0.2, -0.15) is 5.10 Å². The summed E-state index contributed by atoms with van der Waals surface area (Å²) in [6, 6.07) is 11.3. The zero-order chi connectivity index (χ0) is 19.7. The monoisotopic (exact) mass is 366 g/mol. The second-order valence-electron chi connectivity index (χ2n) is 6.33. The van der Waals surface area contributed by atoms with Crippen LogP contribution in [0.1, 0.15) is 37.7 Å². The molecule has 0 aliphatic heterocycles. The fourth-order valence-electron chi connectivity index (χ4n) is 2.79. The lowest BCUT2D eigenvalue weighted by molar-refractivity contribution is 0.0995. The van der Waals surface area contributed by atoms with Gasteiger partial charge < -0.3 is 11.1 Å². The number of carbonyl (C=O) groups is 2. The molecule has 0 bridgehead atoms. The van der Waals surface area contributed by atoms with Crippen LogP contribution in [0.2, 0.25) is 0 Å². The van der Waals surface area contributed by atoms with Crippen molar-refractivity contribution in [2.45, 2.75) is 20.8 Å². The van der Waals surface area contributed by atoms with Crippen molar-refractivity contribution < 1.29 is 14.0 Å². The zero-order valence-electron chi connectivity index (χ0n) is 15.2. The lowest BCUT2D eigenvalue weighted by Crippen LogP contribution is -2.16. The van der Waals surface area contributed by atoms with Crippen LogP contribution in [0.3, 0.4) is 0 Å². The Morgan fingerprint density at radius 3 is 2.26 bits per heavy atom. The molecular weight excluding hydrogens is 347 g/mol. The van der Waals surface area contributed by atoms with Crippen LogP contribution < -0.4 is 11.1 Å². The maximum Gasteiger partial charge on any atom is 0.255 e. The lowest BCUT2D eigenvalue weighted by atomic mass is 10.1. The third-order valence-corrected chi connectivity index (χ3v) is 4.26. The van der Waals surface area contributed by atoms with Crippen LogP contribution in [0.5, 0.6) is 0 Å². The van der Waals surface area contributed by atoms with E-state index in [1.165, 1.54) is 13.0 Å². The fourth-order valence-corrected chi connectivity index (χ4v) is 2.79. The Morgan fingerprint density at radius 1 is 1.04 bits per heavy atom. The van der Waals surface area contributed by atoms with Crippen molar-refractivity contribution in [2.24, 2.45) is 5.73 Å². The molecule has 0 atom stereocenters. The number of nitrogens with zero attached hydrogens (tertiary/aromatic N) is 2. The average Bonchev–Trinajstić information content (AvgIpc) is 2.96. The standard InChI is InChI=1S/C20H19FN4O2/c1-11-8-12(2)25(24-11)16-6-4-14(5-7-16)20(27)23-18-10-15(19(22)26)9-17(21)13(18)3/h4-10H,1-3H3,(H2,22,26)(H,23,27). The summed E-state index contributed by atoms with van der Waals surface area (Å²) in [5, 5.41) is 7.03. The van der Waals surface area contributed by atoms with Crippen molar-refractivity contribution in [3.63, 3.8) is 0 Å². The number of rotatable bonds is 4. The minimum absolute atomic E-state index is 0.00623. The normalized spacial score (nSPS) is 10.7. The Kier molecular flexibility index (Phi) is 4.77. The number of nitrogens with one attached hydrogen (secondary N) is 1.